The number of hydrogen-bond acceptors (Lipinski definition) is 2. The first-order valence-corrected chi connectivity index (χ1v) is 7.15. The molecule has 0 amide bonds. The zero-order valence-corrected chi connectivity index (χ0v) is 11.9. The molecule has 0 aliphatic carbocycles. The first kappa shape index (κ1) is 14.7. The van der Waals surface area contributed by atoms with Gasteiger partial charge < -0.3 is 9.68 Å². The van der Waals surface area contributed by atoms with Gasteiger partial charge in [0.2, 0.25) is 0 Å². The molecule has 0 bridgehead atoms. The Morgan fingerprint density at radius 1 is 0.900 bits per heavy atom. The summed E-state index contributed by atoms with van der Waals surface area (Å²) in [6.45, 7) is 2.23. The van der Waals surface area contributed by atoms with Crippen molar-refractivity contribution in [3.63, 3.8) is 0 Å². The lowest BCUT2D eigenvalue weighted by Crippen LogP contribution is -1.99. The van der Waals surface area contributed by atoms with Crippen LogP contribution in [0.4, 0.5) is 0 Å². The van der Waals surface area contributed by atoms with Crippen molar-refractivity contribution in [2.75, 3.05) is 0 Å². The fourth-order valence-electron chi connectivity index (χ4n) is 2.23. The molecular weight excluding hydrogens is 247 g/mol. The Labute approximate surface area is 121 Å². The van der Waals surface area contributed by atoms with E-state index in [4.69, 9.17) is 9.68 Å². The van der Waals surface area contributed by atoms with Crippen LogP contribution in [0.1, 0.15) is 31.7 Å². The van der Waals surface area contributed by atoms with Gasteiger partial charge >= 0.3 is 7.69 Å². The summed E-state index contributed by atoms with van der Waals surface area (Å²) in [6, 6.07) is 16.4. The summed E-state index contributed by atoms with van der Waals surface area (Å²) < 4.78 is 4.90. The van der Waals surface area contributed by atoms with Crippen molar-refractivity contribution in [1.82, 2.24) is 0 Å². The van der Waals surface area contributed by atoms with Gasteiger partial charge in [0, 0.05) is 0 Å². The average molecular weight is 267 g/mol. The van der Waals surface area contributed by atoms with Crippen molar-refractivity contribution in [3.8, 4) is 16.9 Å². The molecule has 20 heavy (non-hydrogen) atoms. The summed E-state index contributed by atoms with van der Waals surface area (Å²) in [7, 11) is 0.695. The van der Waals surface area contributed by atoms with E-state index in [2.05, 4.69) is 31.2 Å². The molecule has 0 saturated carbocycles. The maximum atomic E-state index is 8.58. The van der Waals surface area contributed by atoms with Gasteiger partial charge in [0.05, 0.1) is 0 Å². The highest BCUT2D eigenvalue weighted by molar-refractivity contribution is 6.17. The molecule has 0 spiro atoms. The molecule has 0 fully saturated rings. The Bertz CT molecular complexity index is 506. The van der Waals surface area contributed by atoms with Gasteiger partial charge in [0.15, 0.2) is 0 Å². The zero-order valence-electron chi connectivity index (χ0n) is 11.9. The monoisotopic (exact) mass is 267 g/mol. The van der Waals surface area contributed by atoms with Gasteiger partial charge in [-0.05, 0) is 41.7 Å². The van der Waals surface area contributed by atoms with Crippen LogP contribution in [0.15, 0.2) is 48.5 Å². The minimum atomic E-state index is 0.632. The Morgan fingerprint density at radius 3 is 2.05 bits per heavy atom. The molecule has 0 saturated heterocycles. The zero-order chi connectivity index (χ0) is 14.2. The van der Waals surface area contributed by atoms with Crippen LogP contribution in [-0.4, -0.2) is 12.7 Å². The van der Waals surface area contributed by atoms with E-state index >= 15 is 0 Å². The third-order valence-electron chi connectivity index (χ3n) is 3.40. The quantitative estimate of drug-likeness (QED) is 0.607. The number of rotatable bonds is 7. The predicted molar refractivity (Wildman–Crippen MR) is 83.7 cm³/mol. The number of unbranched alkanes of at least 4 members (excludes halogenated alkanes) is 2. The van der Waals surface area contributed by atoms with Gasteiger partial charge in [-0.15, -0.1) is 0 Å². The first-order chi connectivity index (χ1) is 9.83. The second-order valence-corrected chi connectivity index (χ2v) is 4.90. The Balaban J connectivity index is 2.01. The molecule has 1 radical (unpaired) electrons. The molecule has 2 nitrogen and oxygen atoms in total. The van der Waals surface area contributed by atoms with E-state index in [1.807, 2.05) is 24.3 Å². The minimum absolute atomic E-state index is 0.632. The molecule has 0 atom stereocenters. The second kappa shape index (κ2) is 7.76. The van der Waals surface area contributed by atoms with E-state index in [0.29, 0.717) is 13.4 Å². The molecule has 0 aromatic heterocycles. The third kappa shape index (κ3) is 4.14. The third-order valence-corrected chi connectivity index (χ3v) is 3.40. The molecule has 2 rings (SSSR count). The summed E-state index contributed by atoms with van der Waals surface area (Å²) in [5, 5.41) is 8.58. The van der Waals surface area contributed by atoms with E-state index in [-0.39, 0.29) is 0 Å². The highest BCUT2D eigenvalue weighted by atomic mass is 16.5. The van der Waals surface area contributed by atoms with E-state index in [1.54, 1.807) is 0 Å². The van der Waals surface area contributed by atoms with Crippen LogP contribution >= 0.6 is 0 Å². The number of aryl methyl sites for hydroxylation is 1. The average Bonchev–Trinajstić information content (AvgIpc) is 2.49. The SMILES string of the molecule is CCCCCc1ccc(-c2ccc(O[B]O)cc2)cc1. The van der Waals surface area contributed by atoms with E-state index in [9.17, 15) is 0 Å². The van der Waals surface area contributed by atoms with Crippen LogP contribution in [0.3, 0.4) is 0 Å². The molecule has 0 heterocycles. The summed E-state index contributed by atoms with van der Waals surface area (Å²) in [4.78, 5) is 0. The van der Waals surface area contributed by atoms with E-state index in [1.165, 1.54) is 30.4 Å². The van der Waals surface area contributed by atoms with E-state index < -0.39 is 0 Å². The lowest BCUT2D eigenvalue weighted by Gasteiger charge is -2.06. The van der Waals surface area contributed by atoms with Crippen molar-refractivity contribution in [2.24, 2.45) is 0 Å². The molecule has 0 aliphatic heterocycles. The minimum Gasteiger partial charge on any atom is -0.537 e. The Kier molecular flexibility index (Phi) is 5.69. The Hall–Kier alpha value is -1.74. The van der Waals surface area contributed by atoms with Crippen LogP contribution in [0.2, 0.25) is 0 Å². The van der Waals surface area contributed by atoms with Crippen LogP contribution in [0, 0.1) is 0 Å². The lowest BCUT2D eigenvalue weighted by atomic mass is 10.0. The fourth-order valence-corrected chi connectivity index (χ4v) is 2.23. The largest absolute Gasteiger partial charge is 0.569 e. The molecule has 3 heteroatoms. The van der Waals surface area contributed by atoms with Gasteiger partial charge in [-0.1, -0.05) is 56.2 Å². The molecule has 2 aromatic carbocycles. The van der Waals surface area contributed by atoms with Crippen molar-refractivity contribution < 1.29 is 9.68 Å². The van der Waals surface area contributed by atoms with Gasteiger partial charge in [-0.25, -0.2) is 0 Å². The fraction of sp³-hybridized carbons (Fsp3) is 0.294. The van der Waals surface area contributed by atoms with Crippen LogP contribution in [0.25, 0.3) is 11.1 Å². The maximum absolute atomic E-state index is 8.58. The summed E-state index contributed by atoms with van der Waals surface area (Å²) in [5.74, 6) is 0.632. The molecule has 2 aromatic rings. The van der Waals surface area contributed by atoms with Gasteiger partial charge in [-0.2, -0.15) is 0 Å². The summed E-state index contributed by atoms with van der Waals surface area (Å²) in [5.41, 5.74) is 3.75. The summed E-state index contributed by atoms with van der Waals surface area (Å²) >= 11 is 0. The summed E-state index contributed by atoms with van der Waals surface area (Å²) in [6.07, 6.45) is 4.98. The topological polar surface area (TPSA) is 29.5 Å². The van der Waals surface area contributed by atoms with Crippen LogP contribution < -0.4 is 4.65 Å². The first-order valence-electron chi connectivity index (χ1n) is 7.15. The molecule has 0 unspecified atom stereocenters. The highest BCUT2D eigenvalue weighted by Gasteiger charge is 2.00. The lowest BCUT2D eigenvalue weighted by molar-refractivity contribution is 0.454. The standard InChI is InChI=1S/C17H20BO2/c1-2-3-4-5-14-6-8-15(9-7-14)16-10-12-17(13-11-16)20-18-19/h6-13,19H,2-5H2,1H3. The van der Waals surface area contributed by atoms with Crippen molar-refractivity contribution >= 4 is 7.69 Å². The normalized spacial score (nSPS) is 10.3. The predicted octanol–water partition coefficient (Wildman–Crippen LogP) is 3.99. The van der Waals surface area contributed by atoms with Gasteiger partial charge in [-0.3, -0.25) is 0 Å². The van der Waals surface area contributed by atoms with Crippen LogP contribution in [-0.2, 0) is 6.42 Å². The van der Waals surface area contributed by atoms with E-state index in [0.717, 1.165) is 12.0 Å². The Morgan fingerprint density at radius 2 is 1.50 bits per heavy atom. The van der Waals surface area contributed by atoms with Crippen molar-refractivity contribution in [3.05, 3.63) is 54.1 Å². The molecule has 103 valence electrons. The molecular formula is C17H20BO2. The molecule has 0 aliphatic rings. The van der Waals surface area contributed by atoms with Gasteiger partial charge in [0.25, 0.3) is 0 Å². The van der Waals surface area contributed by atoms with Crippen molar-refractivity contribution in [1.29, 1.82) is 0 Å². The number of benzene rings is 2. The van der Waals surface area contributed by atoms with Crippen molar-refractivity contribution in [2.45, 2.75) is 32.6 Å². The maximum Gasteiger partial charge on any atom is 0.569 e. The highest BCUT2D eigenvalue weighted by Crippen LogP contribution is 2.23. The second-order valence-electron chi connectivity index (χ2n) is 4.90. The number of hydrogen-bond donors (Lipinski definition) is 1. The molecule has 1 N–H and O–H groups in total. The van der Waals surface area contributed by atoms with Gasteiger partial charge in [0.1, 0.15) is 5.75 Å². The van der Waals surface area contributed by atoms with Crippen LogP contribution in [0.5, 0.6) is 5.75 Å². The smallest absolute Gasteiger partial charge is 0.537 e.